The summed E-state index contributed by atoms with van der Waals surface area (Å²) < 4.78 is 13.3. The van der Waals surface area contributed by atoms with Crippen LogP contribution in [0.1, 0.15) is 48.7 Å². The fraction of sp³-hybridized carbons (Fsp3) is 0.591. The summed E-state index contributed by atoms with van der Waals surface area (Å²) in [4.78, 5) is 14.4. The number of methoxy groups -OCH3 is 1. The van der Waals surface area contributed by atoms with E-state index >= 15 is 0 Å². The van der Waals surface area contributed by atoms with Crippen LogP contribution in [-0.4, -0.2) is 52.0 Å². The highest BCUT2D eigenvalue weighted by atomic mass is 16.5. The highest BCUT2D eigenvalue weighted by Gasteiger charge is 2.32. The van der Waals surface area contributed by atoms with E-state index in [1.807, 2.05) is 28.9 Å². The summed E-state index contributed by atoms with van der Waals surface area (Å²) in [6, 6.07) is 8.31. The van der Waals surface area contributed by atoms with E-state index in [0.717, 1.165) is 68.0 Å². The summed E-state index contributed by atoms with van der Waals surface area (Å²) in [5.74, 6) is 1.38. The van der Waals surface area contributed by atoms with Crippen LogP contribution in [0, 0.1) is 5.92 Å². The van der Waals surface area contributed by atoms with Gasteiger partial charge in [0.2, 0.25) is 5.91 Å². The summed E-state index contributed by atoms with van der Waals surface area (Å²) in [7, 11) is 1.67. The maximum atomic E-state index is 12.0. The van der Waals surface area contributed by atoms with Crippen LogP contribution < -0.4 is 10.1 Å². The minimum Gasteiger partial charge on any atom is -0.497 e. The van der Waals surface area contributed by atoms with E-state index in [4.69, 9.17) is 9.47 Å². The van der Waals surface area contributed by atoms with Crippen molar-refractivity contribution in [2.24, 2.45) is 5.92 Å². The van der Waals surface area contributed by atoms with Gasteiger partial charge in [-0.15, -0.1) is 5.10 Å². The van der Waals surface area contributed by atoms with Crippen LogP contribution in [0.5, 0.6) is 5.75 Å². The quantitative estimate of drug-likeness (QED) is 0.784. The third-order valence-electron chi connectivity index (χ3n) is 6.42. The topological polar surface area (TPSA) is 81.5 Å². The van der Waals surface area contributed by atoms with Gasteiger partial charge in [-0.1, -0.05) is 17.3 Å². The van der Waals surface area contributed by atoms with Gasteiger partial charge in [0.15, 0.2) is 0 Å². The maximum Gasteiger partial charge on any atom is 0.223 e. The lowest BCUT2D eigenvalue weighted by molar-refractivity contribution is -0.123. The minimum absolute atomic E-state index is 0.0243. The van der Waals surface area contributed by atoms with E-state index in [2.05, 4.69) is 20.5 Å². The Kier molecular flexibility index (Phi) is 5.43. The van der Waals surface area contributed by atoms with E-state index in [1.54, 1.807) is 7.11 Å². The van der Waals surface area contributed by atoms with Gasteiger partial charge in [-0.2, -0.15) is 0 Å². The van der Waals surface area contributed by atoms with Crippen molar-refractivity contribution in [1.82, 2.24) is 25.2 Å². The van der Waals surface area contributed by atoms with Gasteiger partial charge in [0.25, 0.3) is 0 Å². The fourth-order valence-corrected chi connectivity index (χ4v) is 4.32. The van der Waals surface area contributed by atoms with Gasteiger partial charge in [0, 0.05) is 31.6 Å². The number of hydrogen-bond acceptors (Lipinski definition) is 6. The summed E-state index contributed by atoms with van der Waals surface area (Å²) in [6.45, 7) is 3.92. The van der Waals surface area contributed by atoms with Gasteiger partial charge in [0.1, 0.15) is 17.5 Å². The Hall–Kier alpha value is -2.45. The third kappa shape index (κ3) is 4.20. The Balaban J connectivity index is 1.15. The van der Waals surface area contributed by atoms with Crippen molar-refractivity contribution < 1.29 is 14.3 Å². The third-order valence-corrected chi connectivity index (χ3v) is 6.42. The number of amides is 1. The monoisotopic (exact) mass is 411 g/mol. The molecule has 1 aromatic carbocycles. The average Bonchev–Trinajstić information content (AvgIpc) is 3.57. The van der Waals surface area contributed by atoms with Gasteiger partial charge in [-0.3, -0.25) is 9.69 Å². The predicted octanol–water partition coefficient (Wildman–Crippen LogP) is 2.05. The Bertz CT molecular complexity index is 885. The van der Waals surface area contributed by atoms with Crippen LogP contribution in [0.15, 0.2) is 24.3 Å². The van der Waals surface area contributed by atoms with Gasteiger partial charge >= 0.3 is 0 Å². The molecule has 1 aromatic heterocycles. The zero-order valence-electron chi connectivity index (χ0n) is 17.4. The molecule has 8 heteroatoms. The zero-order valence-corrected chi connectivity index (χ0v) is 17.4. The number of ether oxygens (including phenoxy) is 2. The number of benzene rings is 1. The van der Waals surface area contributed by atoms with Gasteiger partial charge in [-0.25, -0.2) is 4.68 Å². The first-order valence-electron chi connectivity index (χ1n) is 10.9. The molecule has 0 unspecified atom stereocenters. The average molecular weight is 412 g/mol. The fourth-order valence-electron chi connectivity index (χ4n) is 4.32. The predicted molar refractivity (Wildman–Crippen MR) is 110 cm³/mol. The summed E-state index contributed by atoms with van der Waals surface area (Å²) in [5.41, 5.74) is 3.20. The van der Waals surface area contributed by atoms with Crippen molar-refractivity contribution in [1.29, 1.82) is 0 Å². The Morgan fingerprint density at radius 1 is 1.20 bits per heavy atom. The second-order valence-corrected chi connectivity index (χ2v) is 8.57. The standard InChI is InChI=1S/C22H29N5O3/c1-29-18-6-4-15(5-7-18)21-13-27-20(14-30-21)19(24-25-27)12-26-10-8-17(9-11-26)23-22(28)16-2-3-16/h4-7,16-17,21H,2-3,8-14H2,1H3,(H,23,28)/t21-/m0/s1. The highest BCUT2D eigenvalue weighted by Crippen LogP contribution is 2.30. The van der Waals surface area contributed by atoms with Crippen LogP contribution in [0.3, 0.4) is 0 Å². The van der Waals surface area contributed by atoms with Crippen molar-refractivity contribution in [3.63, 3.8) is 0 Å². The molecule has 1 aliphatic carbocycles. The number of rotatable bonds is 6. The van der Waals surface area contributed by atoms with E-state index in [-0.39, 0.29) is 17.9 Å². The van der Waals surface area contributed by atoms with Crippen LogP contribution in [0.2, 0.25) is 0 Å². The lowest BCUT2D eigenvalue weighted by atomic mass is 10.0. The molecule has 3 heterocycles. The van der Waals surface area contributed by atoms with Crippen molar-refractivity contribution in [2.45, 2.75) is 57.5 Å². The molecule has 5 rings (SSSR count). The van der Waals surface area contributed by atoms with E-state index in [9.17, 15) is 4.79 Å². The second kappa shape index (κ2) is 8.35. The lowest BCUT2D eigenvalue weighted by Crippen LogP contribution is -2.44. The van der Waals surface area contributed by atoms with E-state index in [0.29, 0.717) is 19.2 Å². The Morgan fingerprint density at radius 3 is 2.67 bits per heavy atom. The van der Waals surface area contributed by atoms with E-state index in [1.165, 1.54) is 0 Å². The molecule has 0 radical (unpaired) electrons. The van der Waals surface area contributed by atoms with Crippen molar-refractivity contribution in [3.05, 3.63) is 41.2 Å². The molecule has 2 fully saturated rings. The first-order chi connectivity index (χ1) is 14.7. The van der Waals surface area contributed by atoms with Crippen LogP contribution in [0.4, 0.5) is 0 Å². The number of piperidine rings is 1. The first kappa shape index (κ1) is 19.5. The van der Waals surface area contributed by atoms with Crippen LogP contribution >= 0.6 is 0 Å². The smallest absolute Gasteiger partial charge is 0.223 e. The summed E-state index contributed by atoms with van der Waals surface area (Å²) in [6.07, 6.45) is 4.09. The number of fused-ring (bicyclic) bond motifs is 1. The molecule has 1 saturated heterocycles. The van der Waals surface area contributed by atoms with Crippen molar-refractivity contribution in [2.75, 3.05) is 20.2 Å². The number of nitrogens with one attached hydrogen (secondary N) is 1. The Morgan fingerprint density at radius 2 is 1.97 bits per heavy atom. The number of nitrogens with zero attached hydrogens (tertiary/aromatic N) is 4. The summed E-state index contributed by atoms with van der Waals surface area (Å²) >= 11 is 0. The maximum absolute atomic E-state index is 12.0. The number of carbonyl (C=O) groups excluding carboxylic acids is 1. The SMILES string of the molecule is COc1ccc([C@@H]2Cn3nnc(CN4CCC(NC(=O)C5CC5)CC4)c3CO2)cc1. The van der Waals surface area contributed by atoms with E-state index < -0.39 is 0 Å². The zero-order chi connectivity index (χ0) is 20.5. The highest BCUT2D eigenvalue weighted by molar-refractivity contribution is 5.81. The number of likely N-dealkylation sites (tertiary alicyclic amines) is 1. The molecule has 2 aromatic rings. The lowest BCUT2D eigenvalue weighted by Gasteiger charge is -2.32. The largest absolute Gasteiger partial charge is 0.497 e. The summed E-state index contributed by atoms with van der Waals surface area (Å²) in [5, 5.41) is 12.1. The molecule has 3 aliphatic rings. The second-order valence-electron chi connectivity index (χ2n) is 8.57. The molecular weight excluding hydrogens is 382 g/mol. The number of hydrogen-bond donors (Lipinski definition) is 1. The molecular formula is C22H29N5O3. The van der Waals surface area contributed by atoms with Crippen molar-refractivity contribution in [3.8, 4) is 5.75 Å². The van der Waals surface area contributed by atoms with Gasteiger partial charge in [0.05, 0.1) is 26.0 Å². The molecule has 2 aliphatic heterocycles. The molecule has 0 spiro atoms. The molecule has 30 heavy (non-hydrogen) atoms. The van der Waals surface area contributed by atoms with Crippen molar-refractivity contribution >= 4 is 5.91 Å². The molecule has 160 valence electrons. The molecule has 1 saturated carbocycles. The van der Waals surface area contributed by atoms with Crippen LogP contribution in [0.25, 0.3) is 0 Å². The number of carbonyl (C=O) groups is 1. The van der Waals surface area contributed by atoms with Crippen LogP contribution in [-0.2, 0) is 29.2 Å². The van der Waals surface area contributed by atoms with Gasteiger partial charge in [-0.05, 0) is 43.4 Å². The first-order valence-corrected chi connectivity index (χ1v) is 10.9. The molecule has 0 bridgehead atoms. The molecule has 1 N–H and O–H groups in total. The number of aromatic nitrogens is 3. The normalized spacial score (nSPS) is 22.5. The molecule has 1 atom stereocenters. The molecule has 8 nitrogen and oxygen atoms in total. The molecule has 1 amide bonds. The Labute approximate surface area is 176 Å². The van der Waals surface area contributed by atoms with Gasteiger partial charge < -0.3 is 14.8 Å². The minimum atomic E-state index is -0.0243.